The van der Waals surface area contributed by atoms with Crippen LogP contribution in [-0.4, -0.2) is 30.6 Å². The first-order valence-electron chi connectivity index (χ1n) is 13.0. The van der Waals surface area contributed by atoms with Gasteiger partial charge in [-0.15, -0.1) is 0 Å². The Labute approximate surface area is 230 Å². The van der Waals surface area contributed by atoms with Gasteiger partial charge in [-0.3, -0.25) is 19.4 Å². The lowest BCUT2D eigenvalue weighted by molar-refractivity contribution is -0.129. The smallest absolute Gasteiger partial charge is 0.266 e. The number of nitriles is 1. The third kappa shape index (κ3) is 6.00. The molecule has 1 unspecified atom stereocenters. The van der Waals surface area contributed by atoms with E-state index < -0.39 is 11.9 Å². The minimum Gasteiger partial charge on any atom is -0.382 e. The molecule has 0 spiro atoms. The van der Waals surface area contributed by atoms with Gasteiger partial charge in [0.05, 0.1) is 22.6 Å². The number of nitrogens with two attached hydrogens (primary N) is 2. The van der Waals surface area contributed by atoms with Crippen LogP contribution in [0, 0.1) is 11.3 Å². The Bertz CT molecular complexity index is 1610. The summed E-state index contributed by atoms with van der Waals surface area (Å²) in [5.41, 5.74) is 15.2. The highest BCUT2D eigenvalue weighted by Gasteiger charge is 2.23. The molecule has 1 amide bonds. The van der Waals surface area contributed by atoms with Gasteiger partial charge in [0.25, 0.3) is 5.56 Å². The summed E-state index contributed by atoms with van der Waals surface area (Å²) in [4.78, 5) is 38.5. The van der Waals surface area contributed by atoms with Gasteiger partial charge in [0.15, 0.2) is 5.82 Å². The minimum absolute atomic E-state index is 0.0408. The molecule has 0 saturated heterocycles. The van der Waals surface area contributed by atoms with Gasteiger partial charge in [-0.1, -0.05) is 43.7 Å². The second-order valence-corrected chi connectivity index (χ2v) is 9.26. The number of aromatic nitrogens is 4. The lowest BCUT2D eigenvalue weighted by Crippen LogP contribution is -2.29. The van der Waals surface area contributed by atoms with Gasteiger partial charge in [0.2, 0.25) is 11.9 Å². The van der Waals surface area contributed by atoms with Crippen molar-refractivity contribution in [1.82, 2.24) is 25.0 Å². The maximum absolute atomic E-state index is 14.2. The molecule has 0 aliphatic carbocycles. The highest BCUT2D eigenvalue weighted by Crippen LogP contribution is 2.28. The van der Waals surface area contributed by atoms with Crippen molar-refractivity contribution in [2.45, 2.75) is 51.5 Å². The molecular weight excluding hydrogens is 510 g/mol. The fourth-order valence-corrected chi connectivity index (χ4v) is 4.64. The number of aryl methyl sites for hydroxylation is 1. The normalized spacial score (nSPS) is 11.6. The number of benzene rings is 2. The summed E-state index contributed by atoms with van der Waals surface area (Å²) in [6.45, 7) is 1.93. The molecule has 0 saturated carbocycles. The Morgan fingerprint density at radius 2 is 1.85 bits per heavy atom. The summed E-state index contributed by atoms with van der Waals surface area (Å²) in [6, 6.07) is 16.3. The van der Waals surface area contributed by atoms with Crippen molar-refractivity contribution in [1.29, 1.82) is 5.26 Å². The predicted octanol–water partition coefficient (Wildman–Crippen LogP) is 3.38. The summed E-state index contributed by atoms with van der Waals surface area (Å²) in [5.74, 6) is 0.0687. The van der Waals surface area contributed by atoms with Crippen molar-refractivity contribution >= 4 is 34.4 Å². The number of para-hydroxylation sites is 1. The maximum atomic E-state index is 14.2. The molecule has 0 aliphatic rings. The molecule has 0 radical (unpaired) electrons. The number of hydrogen-bond acceptors (Lipinski definition) is 10. The molecule has 206 valence electrons. The number of unbranched alkanes of at least 4 members (excludes halogenated alkanes) is 2. The molecule has 4 rings (SSSR count). The summed E-state index contributed by atoms with van der Waals surface area (Å²) >= 11 is 0. The number of nitrogens with one attached hydrogen (secondary N) is 2. The number of fused-ring (bicyclic) bond motifs is 1. The van der Waals surface area contributed by atoms with Crippen LogP contribution in [0.15, 0.2) is 53.3 Å². The van der Waals surface area contributed by atoms with E-state index in [2.05, 4.69) is 15.3 Å². The first-order valence-corrected chi connectivity index (χ1v) is 13.0. The lowest BCUT2D eigenvalue weighted by Gasteiger charge is -2.23. The van der Waals surface area contributed by atoms with E-state index in [1.54, 1.807) is 16.1 Å². The van der Waals surface area contributed by atoms with Crippen LogP contribution in [0.1, 0.15) is 62.0 Å². The Balaban J connectivity index is 1.79. The fraction of sp³-hybridized carbons (Fsp3) is 0.286. The van der Waals surface area contributed by atoms with Crippen LogP contribution in [0.3, 0.4) is 0 Å². The van der Waals surface area contributed by atoms with Gasteiger partial charge in [-0.05, 0) is 49.4 Å². The standard InChI is InChI=1S/C28H31N9O3/c1-2-20(32-25-19(16-29)24(30)34-28(31)35-25)26-33-21-14-9-11-17(10-5-3-8-15-22(38)36-40)23(21)27(39)37(26)18-12-6-4-7-13-18/h4,6-7,9,11-14,20,40H,2-3,5,8,10,15H2,1H3,(H,36,38)(H5,30,31,32,34,35). The molecule has 7 N–H and O–H groups in total. The third-order valence-electron chi connectivity index (χ3n) is 6.60. The predicted molar refractivity (Wildman–Crippen MR) is 152 cm³/mol. The van der Waals surface area contributed by atoms with E-state index in [0.717, 1.165) is 18.4 Å². The first kappa shape index (κ1) is 28.0. The van der Waals surface area contributed by atoms with E-state index in [-0.39, 0.29) is 35.1 Å². The van der Waals surface area contributed by atoms with Crippen LogP contribution in [0.25, 0.3) is 16.6 Å². The molecule has 2 aromatic heterocycles. The summed E-state index contributed by atoms with van der Waals surface area (Å²) in [6.07, 6.45) is 3.51. The van der Waals surface area contributed by atoms with E-state index in [9.17, 15) is 14.9 Å². The van der Waals surface area contributed by atoms with Crippen molar-refractivity contribution in [3.8, 4) is 11.8 Å². The molecule has 0 bridgehead atoms. The number of hydrogen-bond donors (Lipinski definition) is 5. The molecule has 12 heteroatoms. The topological polar surface area (TPSA) is 198 Å². The zero-order valence-electron chi connectivity index (χ0n) is 22.1. The van der Waals surface area contributed by atoms with Crippen LogP contribution in [-0.2, 0) is 11.2 Å². The quantitative estimate of drug-likeness (QED) is 0.107. The van der Waals surface area contributed by atoms with E-state index in [1.165, 1.54) is 0 Å². The number of nitrogens with zero attached hydrogens (tertiary/aromatic N) is 5. The highest BCUT2D eigenvalue weighted by molar-refractivity contribution is 5.82. The summed E-state index contributed by atoms with van der Waals surface area (Å²) in [5, 5.41) is 22.1. The van der Waals surface area contributed by atoms with Gasteiger partial charge in [0.1, 0.15) is 23.3 Å². The number of nitrogen functional groups attached to an aromatic ring is 2. The molecular formula is C28H31N9O3. The first-order chi connectivity index (χ1) is 19.4. The van der Waals surface area contributed by atoms with Gasteiger partial charge in [-0.2, -0.15) is 15.2 Å². The number of anilines is 3. The van der Waals surface area contributed by atoms with E-state index in [4.69, 9.17) is 21.7 Å². The number of hydroxylamine groups is 1. The fourth-order valence-electron chi connectivity index (χ4n) is 4.64. The van der Waals surface area contributed by atoms with Gasteiger partial charge >= 0.3 is 0 Å². The van der Waals surface area contributed by atoms with Crippen molar-refractivity contribution in [3.05, 3.63) is 75.8 Å². The van der Waals surface area contributed by atoms with Crippen LogP contribution >= 0.6 is 0 Å². The molecule has 0 fully saturated rings. The SMILES string of the molecule is CCC(Nc1nc(N)nc(N)c1C#N)c1nc2cccc(CCCCCC(=O)NO)c2c(=O)n1-c1ccccc1. The zero-order chi connectivity index (χ0) is 28.6. The molecule has 40 heavy (non-hydrogen) atoms. The van der Waals surface area contributed by atoms with Crippen molar-refractivity contribution in [2.24, 2.45) is 0 Å². The third-order valence-corrected chi connectivity index (χ3v) is 6.60. The average molecular weight is 542 g/mol. The van der Waals surface area contributed by atoms with Gasteiger partial charge in [0, 0.05) is 6.42 Å². The zero-order valence-corrected chi connectivity index (χ0v) is 22.1. The molecule has 12 nitrogen and oxygen atoms in total. The van der Waals surface area contributed by atoms with Crippen LogP contribution in [0.5, 0.6) is 0 Å². The molecule has 0 aliphatic heterocycles. The van der Waals surface area contributed by atoms with Crippen molar-refractivity contribution < 1.29 is 10.0 Å². The Morgan fingerprint density at radius 3 is 2.55 bits per heavy atom. The number of amides is 1. The second-order valence-electron chi connectivity index (χ2n) is 9.26. The van der Waals surface area contributed by atoms with E-state index in [0.29, 0.717) is 41.7 Å². The largest absolute Gasteiger partial charge is 0.382 e. The van der Waals surface area contributed by atoms with Gasteiger partial charge in [-0.25, -0.2) is 10.5 Å². The van der Waals surface area contributed by atoms with Crippen LogP contribution in [0.2, 0.25) is 0 Å². The monoisotopic (exact) mass is 541 g/mol. The van der Waals surface area contributed by atoms with Crippen LogP contribution in [0.4, 0.5) is 17.6 Å². The number of carbonyl (C=O) groups excluding carboxylic acids is 1. The minimum atomic E-state index is -0.528. The van der Waals surface area contributed by atoms with Gasteiger partial charge < -0.3 is 16.8 Å². The van der Waals surface area contributed by atoms with E-state index >= 15 is 0 Å². The maximum Gasteiger partial charge on any atom is 0.266 e. The second kappa shape index (κ2) is 12.7. The summed E-state index contributed by atoms with van der Waals surface area (Å²) < 4.78 is 1.58. The molecule has 4 aromatic rings. The molecule has 2 aromatic carbocycles. The Morgan fingerprint density at radius 1 is 1.07 bits per heavy atom. The number of carbonyl (C=O) groups is 1. The van der Waals surface area contributed by atoms with Crippen molar-refractivity contribution in [2.75, 3.05) is 16.8 Å². The number of rotatable bonds is 11. The molecule has 2 heterocycles. The Kier molecular flexibility index (Phi) is 8.88. The Hall–Kier alpha value is -5.02. The van der Waals surface area contributed by atoms with Crippen molar-refractivity contribution in [3.63, 3.8) is 0 Å². The average Bonchev–Trinajstić information content (AvgIpc) is 2.95. The lowest BCUT2D eigenvalue weighted by atomic mass is 10.0. The summed E-state index contributed by atoms with van der Waals surface area (Å²) in [7, 11) is 0. The van der Waals surface area contributed by atoms with E-state index in [1.807, 2.05) is 55.5 Å². The highest BCUT2D eigenvalue weighted by atomic mass is 16.5. The van der Waals surface area contributed by atoms with Crippen LogP contribution < -0.4 is 27.8 Å². The molecule has 1 atom stereocenters.